The Morgan fingerprint density at radius 3 is 2.38 bits per heavy atom. The highest BCUT2D eigenvalue weighted by Crippen LogP contribution is 2.28. The maximum Gasteiger partial charge on any atom is 0.132 e. The maximum atomic E-state index is 11.0. The van der Waals surface area contributed by atoms with E-state index in [-0.39, 0.29) is 0 Å². The van der Waals surface area contributed by atoms with Crippen molar-refractivity contribution in [1.82, 2.24) is 9.97 Å². The largest absolute Gasteiger partial charge is 0.300 e. The molecule has 1 heterocycles. The molecule has 1 fully saturated rings. The number of hydrogen-bond acceptors (Lipinski definition) is 3. The number of rotatable bonds is 1. The SMILES string of the molecule is O=C1CCC(c2ncccn2)CC1. The first-order chi connectivity index (χ1) is 6.36. The zero-order valence-electron chi connectivity index (χ0n) is 7.44. The summed E-state index contributed by atoms with van der Waals surface area (Å²) in [6.45, 7) is 0. The summed E-state index contributed by atoms with van der Waals surface area (Å²) in [7, 11) is 0. The van der Waals surface area contributed by atoms with Gasteiger partial charge in [0.25, 0.3) is 0 Å². The monoisotopic (exact) mass is 176 g/mol. The average molecular weight is 176 g/mol. The Labute approximate surface area is 77.2 Å². The minimum Gasteiger partial charge on any atom is -0.300 e. The summed E-state index contributed by atoms with van der Waals surface area (Å²) in [5, 5.41) is 0. The molecule has 0 N–H and O–H groups in total. The molecule has 0 unspecified atom stereocenters. The lowest BCUT2D eigenvalue weighted by Crippen LogP contribution is -2.14. The van der Waals surface area contributed by atoms with E-state index < -0.39 is 0 Å². The molecule has 1 aromatic heterocycles. The van der Waals surface area contributed by atoms with Gasteiger partial charge in [0.05, 0.1) is 0 Å². The molecule has 1 aliphatic rings. The van der Waals surface area contributed by atoms with Crippen molar-refractivity contribution in [2.24, 2.45) is 0 Å². The molecule has 0 aliphatic heterocycles. The summed E-state index contributed by atoms with van der Waals surface area (Å²) in [6.07, 6.45) is 6.76. The van der Waals surface area contributed by atoms with Crippen molar-refractivity contribution >= 4 is 5.78 Å². The molecule has 13 heavy (non-hydrogen) atoms. The fraction of sp³-hybridized carbons (Fsp3) is 0.500. The van der Waals surface area contributed by atoms with Crippen LogP contribution in [0.2, 0.25) is 0 Å². The molecule has 0 saturated heterocycles. The smallest absolute Gasteiger partial charge is 0.132 e. The Bertz CT molecular complexity index is 287. The molecule has 0 bridgehead atoms. The van der Waals surface area contributed by atoms with E-state index in [1.54, 1.807) is 12.4 Å². The van der Waals surface area contributed by atoms with E-state index in [2.05, 4.69) is 9.97 Å². The molecule has 0 amide bonds. The highest BCUT2D eigenvalue weighted by Gasteiger charge is 2.21. The Morgan fingerprint density at radius 1 is 1.15 bits per heavy atom. The molecule has 3 nitrogen and oxygen atoms in total. The fourth-order valence-electron chi connectivity index (χ4n) is 1.72. The van der Waals surface area contributed by atoms with E-state index in [4.69, 9.17) is 0 Å². The van der Waals surface area contributed by atoms with Gasteiger partial charge in [0.15, 0.2) is 0 Å². The Hall–Kier alpha value is -1.25. The third-order valence-corrected chi connectivity index (χ3v) is 2.49. The van der Waals surface area contributed by atoms with Gasteiger partial charge in [-0.25, -0.2) is 9.97 Å². The fourth-order valence-corrected chi connectivity index (χ4v) is 1.72. The lowest BCUT2D eigenvalue weighted by atomic mass is 9.88. The average Bonchev–Trinajstić information content (AvgIpc) is 2.20. The second kappa shape index (κ2) is 3.64. The van der Waals surface area contributed by atoms with Crippen molar-refractivity contribution in [3.8, 4) is 0 Å². The number of ketones is 1. The van der Waals surface area contributed by atoms with Crippen LogP contribution in [0.15, 0.2) is 18.5 Å². The van der Waals surface area contributed by atoms with Crippen molar-refractivity contribution < 1.29 is 4.79 Å². The van der Waals surface area contributed by atoms with E-state index >= 15 is 0 Å². The van der Waals surface area contributed by atoms with Crippen molar-refractivity contribution in [2.45, 2.75) is 31.6 Å². The van der Waals surface area contributed by atoms with Crippen LogP contribution in [0, 0.1) is 0 Å². The standard InChI is InChI=1S/C10H12N2O/c13-9-4-2-8(3-5-9)10-11-6-1-7-12-10/h1,6-8H,2-5H2. The highest BCUT2D eigenvalue weighted by atomic mass is 16.1. The summed E-state index contributed by atoms with van der Waals surface area (Å²) >= 11 is 0. The highest BCUT2D eigenvalue weighted by molar-refractivity contribution is 5.79. The van der Waals surface area contributed by atoms with Gasteiger partial charge in [0.1, 0.15) is 11.6 Å². The molecule has 68 valence electrons. The summed E-state index contributed by atoms with van der Waals surface area (Å²) in [5.41, 5.74) is 0. The number of carbonyl (C=O) groups is 1. The summed E-state index contributed by atoms with van der Waals surface area (Å²) in [6, 6.07) is 1.82. The van der Waals surface area contributed by atoms with Crippen molar-refractivity contribution in [3.05, 3.63) is 24.3 Å². The molecule has 1 aliphatic carbocycles. The van der Waals surface area contributed by atoms with Crippen LogP contribution in [0.25, 0.3) is 0 Å². The van der Waals surface area contributed by atoms with Gasteiger partial charge in [0, 0.05) is 31.2 Å². The topological polar surface area (TPSA) is 42.9 Å². The third kappa shape index (κ3) is 1.91. The molecule has 3 heteroatoms. The third-order valence-electron chi connectivity index (χ3n) is 2.49. The zero-order chi connectivity index (χ0) is 9.10. The molecule has 0 atom stereocenters. The number of carbonyl (C=O) groups excluding carboxylic acids is 1. The van der Waals surface area contributed by atoms with Crippen molar-refractivity contribution in [2.75, 3.05) is 0 Å². The van der Waals surface area contributed by atoms with Crippen LogP contribution in [0.3, 0.4) is 0 Å². The maximum absolute atomic E-state index is 11.0. The molecule has 2 rings (SSSR count). The van der Waals surface area contributed by atoms with Gasteiger partial charge in [-0.1, -0.05) is 0 Å². The molecule has 1 saturated carbocycles. The van der Waals surface area contributed by atoms with Gasteiger partial charge in [-0.3, -0.25) is 4.79 Å². The van der Waals surface area contributed by atoms with Crippen LogP contribution in [0.4, 0.5) is 0 Å². The number of hydrogen-bond donors (Lipinski definition) is 0. The van der Waals surface area contributed by atoms with Gasteiger partial charge < -0.3 is 0 Å². The second-order valence-corrected chi connectivity index (χ2v) is 3.42. The molecule has 0 radical (unpaired) electrons. The van der Waals surface area contributed by atoms with E-state index in [1.807, 2.05) is 6.07 Å². The lowest BCUT2D eigenvalue weighted by Gasteiger charge is -2.18. The van der Waals surface area contributed by atoms with Crippen LogP contribution >= 0.6 is 0 Å². The van der Waals surface area contributed by atoms with Gasteiger partial charge in [-0.05, 0) is 18.9 Å². The lowest BCUT2D eigenvalue weighted by molar-refractivity contribution is -0.120. The van der Waals surface area contributed by atoms with E-state index in [1.165, 1.54) is 0 Å². The van der Waals surface area contributed by atoms with Gasteiger partial charge in [-0.15, -0.1) is 0 Å². The summed E-state index contributed by atoms with van der Waals surface area (Å²) in [5.74, 6) is 1.68. The van der Waals surface area contributed by atoms with E-state index in [0.29, 0.717) is 24.5 Å². The van der Waals surface area contributed by atoms with E-state index in [9.17, 15) is 4.79 Å². The molecule has 0 spiro atoms. The van der Waals surface area contributed by atoms with E-state index in [0.717, 1.165) is 18.7 Å². The van der Waals surface area contributed by atoms with Gasteiger partial charge in [-0.2, -0.15) is 0 Å². The van der Waals surface area contributed by atoms with Crippen LogP contribution in [-0.2, 0) is 4.79 Å². The molecule has 0 aromatic carbocycles. The minimum atomic E-state index is 0.382. The number of aromatic nitrogens is 2. The van der Waals surface area contributed by atoms with Crippen LogP contribution in [-0.4, -0.2) is 15.8 Å². The van der Waals surface area contributed by atoms with Gasteiger partial charge in [0.2, 0.25) is 0 Å². The Morgan fingerprint density at radius 2 is 1.77 bits per heavy atom. The first kappa shape index (κ1) is 8.35. The minimum absolute atomic E-state index is 0.382. The Balaban J connectivity index is 2.07. The van der Waals surface area contributed by atoms with Crippen molar-refractivity contribution in [3.63, 3.8) is 0 Å². The first-order valence-corrected chi connectivity index (χ1v) is 4.65. The molecular weight excluding hydrogens is 164 g/mol. The Kier molecular flexibility index (Phi) is 2.34. The van der Waals surface area contributed by atoms with Crippen LogP contribution in [0.1, 0.15) is 37.4 Å². The summed E-state index contributed by atoms with van der Waals surface area (Å²) in [4.78, 5) is 19.4. The quantitative estimate of drug-likeness (QED) is 0.654. The first-order valence-electron chi connectivity index (χ1n) is 4.65. The molecule has 1 aromatic rings. The van der Waals surface area contributed by atoms with Gasteiger partial charge >= 0.3 is 0 Å². The van der Waals surface area contributed by atoms with Crippen LogP contribution in [0.5, 0.6) is 0 Å². The predicted octanol–water partition coefficient (Wildman–Crippen LogP) is 1.70. The predicted molar refractivity (Wildman–Crippen MR) is 48.2 cm³/mol. The number of nitrogens with zero attached hydrogens (tertiary/aromatic N) is 2. The molecular formula is C10H12N2O. The summed E-state index contributed by atoms with van der Waals surface area (Å²) < 4.78 is 0. The normalized spacial score (nSPS) is 18.9. The van der Waals surface area contributed by atoms with Crippen LogP contribution < -0.4 is 0 Å². The zero-order valence-corrected chi connectivity index (χ0v) is 7.44. The van der Waals surface area contributed by atoms with Crippen molar-refractivity contribution in [1.29, 1.82) is 0 Å². The number of Topliss-reactive ketones (excluding diaryl/α,β-unsaturated/α-hetero) is 1. The second-order valence-electron chi connectivity index (χ2n) is 3.42.